The van der Waals surface area contributed by atoms with Crippen molar-refractivity contribution in [2.24, 2.45) is 0 Å². The van der Waals surface area contributed by atoms with Crippen LogP contribution in [-0.2, 0) is 9.78 Å². The third kappa shape index (κ3) is 14.6. The van der Waals surface area contributed by atoms with Crippen molar-refractivity contribution < 1.29 is 9.78 Å². The highest BCUT2D eigenvalue weighted by atomic mass is 32.1. The van der Waals surface area contributed by atoms with Gasteiger partial charge in [-0.1, -0.05) is 25.7 Å². The van der Waals surface area contributed by atoms with Crippen LogP contribution in [0.3, 0.4) is 0 Å². The van der Waals surface area contributed by atoms with Crippen molar-refractivity contribution >= 4 is 25.3 Å². The van der Waals surface area contributed by atoms with E-state index < -0.39 is 0 Å². The lowest BCUT2D eigenvalue weighted by Crippen LogP contribution is -1.81. The van der Waals surface area contributed by atoms with Gasteiger partial charge in [-0.05, 0) is 24.3 Å². The first-order chi connectivity index (χ1) is 7.41. The van der Waals surface area contributed by atoms with E-state index >= 15 is 0 Å². The summed E-state index contributed by atoms with van der Waals surface area (Å²) in [6.45, 7) is 1.56. The van der Waals surface area contributed by atoms with Crippen LogP contribution in [0.15, 0.2) is 0 Å². The van der Waals surface area contributed by atoms with Gasteiger partial charge in [0.05, 0.1) is 13.2 Å². The van der Waals surface area contributed by atoms with Crippen LogP contribution in [0.25, 0.3) is 0 Å². The lowest BCUT2D eigenvalue weighted by Gasteiger charge is -1.97. The van der Waals surface area contributed by atoms with E-state index in [0.29, 0.717) is 0 Å². The normalized spacial score (nSPS) is 14.8. The van der Waals surface area contributed by atoms with E-state index in [1.165, 1.54) is 38.5 Å². The summed E-state index contributed by atoms with van der Waals surface area (Å²) in [5, 5.41) is 0. The monoisotopic (exact) mass is 252 g/mol. The maximum Gasteiger partial charge on any atom is 0.0845 e. The molecule has 0 spiro atoms. The summed E-state index contributed by atoms with van der Waals surface area (Å²) in [5.74, 6) is 2.10. The predicted molar refractivity (Wildman–Crippen MR) is 71.9 cm³/mol. The van der Waals surface area contributed by atoms with Gasteiger partial charge in [0.1, 0.15) is 0 Å². The van der Waals surface area contributed by atoms with E-state index in [0.717, 1.165) is 31.1 Å². The number of hydrogen-bond acceptors (Lipinski definition) is 4. The highest BCUT2D eigenvalue weighted by Crippen LogP contribution is 2.05. The van der Waals surface area contributed by atoms with E-state index in [9.17, 15) is 0 Å². The van der Waals surface area contributed by atoms with Crippen LogP contribution >= 0.6 is 25.3 Å². The molecule has 0 atom stereocenters. The molecule has 1 fully saturated rings. The van der Waals surface area contributed by atoms with Gasteiger partial charge in [0, 0.05) is 6.42 Å². The molecule has 0 aromatic heterocycles. The van der Waals surface area contributed by atoms with Crippen molar-refractivity contribution in [3.05, 3.63) is 0 Å². The minimum Gasteiger partial charge on any atom is -0.237 e. The molecule has 4 heteroatoms. The van der Waals surface area contributed by atoms with E-state index in [1.54, 1.807) is 0 Å². The van der Waals surface area contributed by atoms with Crippen molar-refractivity contribution in [1.82, 2.24) is 0 Å². The Morgan fingerprint density at radius 2 is 1.07 bits per heavy atom. The van der Waals surface area contributed by atoms with Crippen LogP contribution < -0.4 is 0 Å². The van der Waals surface area contributed by atoms with Crippen LogP contribution in [0, 0.1) is 0 Å². The Hall–Kier alpha value is 0.620. The highest BCUT2D eigenvalue weighted by molar-refractivity contribution is 7.80. The number of hydrogen-bond donors (Lipinski definition) is 2. The summed E-state index contributed by atoms with van der Waals surface area (Å²) in [5.41, 5.74) is 0. The quantitative estimate of drug-likeness (QED) is 0.410. The Kier molecular flexibility index (Phi) is 15.2. The van der Waals surface area contributed by atoms with Gasteiger partial charge >= 0.3 is 0 Å². The Morgan fingerprint density at radius 1 is 0.667 bits per heavy atom. The summed E-state index contributed by atoms with van der Waals surface area (Å²) in [7, 11) is 0. The average Bonchev–Trinajstić information content (AvgIpc) is 2.82. The fourth-order valence-corrected chi connectivity index (χ4v) is 1.67. The van der Waals surface area contributed by atoms with Gasteiger partial charge in [0.15, 0.2) is 0 Å². The zero-order valence-electron chi connectivity index (χ0n) is 9.49. The molecule has 0 aromatic carbocycles. The maximum atomic E-state index is 4.44. The van der Waals surface area contributed by atoms with Crippen molar-refractivity contribution in [3.8, 4) is 0 Å². The molecule has 0 N–H and O–H groups in total. The minimum atomic E-state index is 0.778. The Balaban J connectivity index is 0.000000322. The first-order valence-electron chi connectivity index (χ1n) is 5.88. The van der Waals surface area contributed by atoms with Crippen molar-refractivity contribution in [2.75, 3.05) is 24.7 Å². The third-order valence-corrected chi connectivity index (χ3v) is 2.74. The smallest absolute Gasteiger partial charge is 0.0845 e. The van der Waals surface area contributed by atoms with Crippen molar-refractivity contribution in [2.45, 2.75) is 44.9 Å². The molecule has 92 valence electrons. The zero-order chi connectivity index (χ0) is 11.2. The predicted octanol–water partition coefficient (Wildman–Crippen LogP) is 3.52. The molecule has 0 aromatic rings. The Labute approximate surface area is 105 Å². The molecule has 0 saturated carbocycles. The molecule has 0 radical (unpaired) electrons. The molecule has 0 amide bonds. The molecular weight excluding hydrogens is 228 g/mol. The summed E-state index contributed by atoms with van der Waals surface area (Å²) in [4.78, 5) is 8.89. The molecule has 0 bridgehead atoms. The van der Waals surface area contributed by atoms with E-state index in [4.69, 9.17) is 0 Å². The first kappa shape index (κ1) is 15.6. The summed E-state index contributed by atoms with van der Waals surface area (Å²) in [6.07, 6.45) is 9.10. The molecule has 1 aliphatic rings. The summed E-state index contributed by atoms with van der Waals surface area (Å²) in [6, 6.07) is 0. The lowest BCUT2D eigenvalue weighted by molar-refractivity contribution is -0.248. The summed E-state index contributed by atoms with van der Waals surface area (Å²) < 4.78 is 0. The molecule has 1 rings (SSSR count). The van der Waals surface area contributed by atoms with Gasteiger partial charge in [-0.15, -0.1) is 0 Å². The minimum absolute atomic E-state index is 0.778. The molecular formula is C11H24O2S2. The van der Waals surface area contributed by atoms with Gasteiger partial charge in [-0.3, -0.25) is 0 Å². The van der Waals surface area contributed by atoms with Gasteiger partial charge in [0.25, 0.3) is 0 Å². The van der Waals surface area contributed by atoms with Gasteiger partial charge in [-0.25, -0.2) is 9.78 Å². The standard InChI is InChI=1S/C8H18S2.C3H6O2/c9-7-5-3-1-2-4-6-8-10;1-2-4-5-3-1/h9-10H,1-8H2;1-3H2. The Morgan fingerprint density at radius 3 is 1.33 bits per heavy atom. The SMILES string of the molecule is C1COOC1.SCCCCCCCCS. The second-order valence-electron chi connectivity index (χ2n) is 3.57. The van der Waals surface area contributed by atoms with Crippen molar-refractivity contribution in [3.63, 3.8) is 0 Å². The van der Waals surface area contributed by atoms with Gasteiger partial charge < -0.3 is 0 Å². The van der Waals surface area contributed by atoms with E-state index in [1.807, 2.05) is 0 Å². The van der Waals surface area contributed by atoms with E-state index in [2.05, 4.69) is 35.0 Å². The first-order valence-corrected chi connectivity index (χ1v) is 7.14. The fourth-order valence-electron chi connectivity index (χ4n) is 1.23. The van der Waals surface area contributed by atoms with Crippen LogP contribution in [0.2, 0.25) is 0 Å². The van der Waals surface area contributed by atoms with Crippen molar-refractivity contribution in [1.29, 1.82) is 0 Å². The number of rotatable bonds is 7. The molecule has 15 heavy (non-hydrogen) atoms. The second kappa shape index (κ2) is 14.6. The number of thiol groups is 2. The largest absolute Gasteiger partial charge is 0.237 e. The maximum absolute atomic E-state index is 4.44. The summed E-state index contributed by atoms with van der Waals surface area (Å²) >= 11 is 8.30. The molecule has 1 heterocycles. The fraction of sp³-hybridized carbons (Fsp3) is 1.00. The van der Waals surface area contributed by atoms with Gasteiger partial charge in [-0.2, -0.15) is 25.3 Å². The topological polar surface area (TPSA) is 18.5 Å². The molecule has 1 saturated heterocycles. The third-order valence-electron chi connectivity index (χ3n) is 2.10. The Bertz CT molecular complexity index is 93.2. The van der Waals surface area contributed by atoms with Crippen LogP contribution in [0.4, 0.5) is 0 Å². The zero-order valence-corrected chi connectivity index (χ0v) is 11.3. The molecule has 1 aliphatic heterocycles. The van der Waals surface area contributed by atoms with E-state index in [-0.39, 0.29) is 0 Å². The lowest BCUT2D eigenvalue weighted by atomic mass is 10.1. The van der Waals surface area contributed by atoms with Crippen LogP contribution in [0.5, 0.6) is 0 Å². The molecule has 0 unspecified atom stereocenters. The molecule has 2 nitrogen and oxygen atoms in total. The molecule has 0 aliphatic carbocycles. The van der Waals surface area contributed by atoms with Gasteiger partial charge in [0.2, 0.25) is 0 Å². The van der Waals surface area contributed by atoms with Crippen LogP contribution in [-0.4, -0.2) is 24.7 Å². The average molecular weight is 252 g/mol. The van der Waals surface area contributed by atoms with Crippen LogP contribution in [0.1, 0.15) is 44.9 Å². The highest BCUT2D eigenvalue weighted by Gasteiger charge is 1.95. The number of unbranched alkanes of at least 4 members (excludes halogenated alkanes) is 5. The second-order valence-corrected chi connectivity index (χ2v) is 4.46.